The lowest BCUT2D eigenvalue weighted by atomic mass is 10.00. The largest absolute Gasteiger partial charge is 0.311 e. The average Bonchev–Trinajstić information content (AvgIpc) is 3.27. The third-order valence-corrected chi connectivity index (χ3v) is 10.3. The number of rotatable bonds is 7. The summed E-state index contributed by atoms with van der Waals surface area (Å²) in [5.41, 5.74) is 13.7. The molecule has 0 N–H and O–H groups in total. The van der Waals surface area contributed by atoms with E-state index in [0.717, 1.165) is 72.4 Å². The Hall–Kier alpha value is -7.50. The quantitative estimate of drug-likeness (QED) is 0.165. The monoisotopic (exact) mass is 703 g/mol. The summed E-state index contributed by atoms with van der Waals surface area (Å²) in [5, 5.41) is 4.62. The zero-order chi connectivity index (χ0) is 36.6. The SMILES string of the molecule is c1ccc(-c2cc(-c3ccc(N(c4ccc(-c5ccc6cnccc6c5)cc4)c4ccc(-c5ccc6cnccc6c5)cc4)cc3)nc3cccnc23)cc1. The van der Waals surface area contributed by atoms with Crippen LogP contribution in [0.4, 0.5) is 17.1 Å². The molecule has 0 spiro atoms. The lowest BCUT2D eigenvalue weighted by Crippen LogP contribution is -2.09. The molecule has 0 radical (unpaired) electrons. The molecule has 0 saturated carbocycles. The van der Waals surface area contributed by atoms with Gasteiger partial charge in [0.15, 0.2) is 0 Å². The molecule has 10 aromatic rings. The fourth-order valence-electron chi connectivity index (χ4n) is 7.41. The molecular weight excluding hydrogens is 671 g/mol. The van der Waals surface area contributed by atoms with Gasteiger partial charge in [-0.3, -0.25) is 15.0 Å². The van der Waals surface area contributed by atoms with E-state index in [4.69, 9.17) is 9.97 Å². The number of aromatic nitrogens is 4. The molecular formula is C50H33N5. The summed E-state index contributed by atoms with van der Waals surface area (Å²) in [7, 11) is 0. The molecule has 0 atom stereocenters. The van der Waals surface area contributed by atoms with Crippen LogP contribution in [0.2, 0.25) is 0 Å². The van der Waals surface area contributed by atoms with Crippen LogP contribution in [-0.2, 0) is 0 Å². The Morgan fingerprint density at radius 2 is 0.891 bits per heavy atom. The van der Waals surface area contributed by atoms with E-state index in [1.807, 2.05) is 49.2 Å². The molecule has 6 aromatic carbocycles. The highest BCUT2D eigenvalue weighted by Crippen LogP contribution is 2.39. The molecule has 10 rings (SSSR count). The fourth-order valence-corrected chi connectivity index (χ4v) is 7.41. The number of anilines is 3. The van der Waals surface area contributed by atoms with Crippen LogP contribution in [0.1, 0.15) is 0 Å². The molecule has 0 aliphatic rings. The molecule has 0 fully saturated rings. The van der Waals surface area contributed by atoms with Gasteiger partial charge in [-0.25, -0.2) is 4.98 Å². The second-order valence-corrected chi connectivity index (χ2v) is 13.6. The first-order chi connectivity index (χ1) is 27.2. The number of fused-ring (bicyclic) bond motifs is 3. The maximum Gasteiger partial charge on any atom is 0.0965 e. The van der Waals surface area contributed by atoms with E-state index >= 15 is 0 Å². The molecule has 0 aliphatic carbocycles. The van der Waals surface area contributed by atoms with Gasteiger partial charge in [-0.15, -0.1) is 0 Å². The zero-order valence-electron chi connectivity index (χ0n) is 29.8. The van der Waals surface area contributed by atoms with Gasteiger partial charge in [0.25, 0.3) is 0 Å². The number of hydrogen-bond acceptors (Lipinski definition) is 5. The minimum absolute atomic E-state index is 0.871. The Morgan fingerprint density at radius 1 is 0.364 bits per heavy atom. The van der Waals surface area contributed by atoms with Crippen molar-refractivity contribution in [1.29, 1.82) is 0 Å². The second kappa shape index (κ2) is 13.8. The third kappa shape index (κ3) is 6.24. The number of hydrogen-bond donors (Lipinski definition) is 0. The summed E-state index contributed by atoms with van der Waals surface area (Å²) in [5.74, 6) is 0. The van der Waals surface area contributed by atoms with Crippen LogP contribution in [0.5, 0.6) is 0 Å². The van der Waals surface area contributed by atoms with E-state index in [0.29, 0.717) is 0 Å². The Bertz CT molecular complexity index is 2840. The highest BCUT2D eigenvalue weighted by atomic mass is 15.1. The summed E-state index contributed by atoms with van der Waals surface area (Å²) < 4.78 is 0. The number of nitrogens with zero attached hydrogens (tertiary/aromatic N) is 5. The maximum atomic E-state index is 5.05. The minimum atomic E-state index is 0.871. The van der Waals surface area contributed by atoms with Gasteiger partial charge in [-0.2, -0.15) is 0 Å². The topological polar surface area (TPSA) is 54.8 Å². The molecule has 0 bridgehead atoms. The molecule has 4 aromatic heterocycles. The van der Waals surface area contributed by atoms with Gasteiger partial charge < -0.3 is 4.90 Å². The van der Waals surface area contributed by atoms with Crippen molar-refractivity contribution in [2.75, 3.05) is 4.90 Å². The first-order valence-electron chi connectivity index (χ1n) is 18.3. The Morgan fingerprint density at radius 3 is 1.45 bits per heavy atom. The zero-order valence-corrected chi connectivity index (χ0v) is 29.8. The Kier molecular flexibility index (Phi) is 8.08. The van der Waals surface area contributed by atoms with Crippen molar-refractivity contribution in [2.45, 2.75) is 0 Å². The molecule has 4 heterocycles. The smallest absolute Gasteiger partial charge is 0.0965 e. The summed E-state index contributed by atoms with van der Waals surface area (Å²) in [6, 6.07) is 60.0. The summed E-state index contributed by atoms with van der Waals surface area (Å²) >= 11 is 0. The molecule has 0 saturated heterocycles. The third-order valence-electron chi connectivity index (χ3n) is 10.3. The van der Waals surface area contributed by atoms with Crippen molar-refractivity contribution < 1.29 is 0 Å². The minimum Gasteiger partial charge on any atom is -0.311 e. The van der Waals surface area contributed by atoms with Crippen molar-refractivity contribution in [1.82, 2.24) is 19.9 Å². The normalized spacial score (nSPS) is 11.3. The van der Waals surface area contributed by atoms with Crippen LogP contribution in [0.25, 0.3) is 77.2 Å². The van der Waals surface area contributed by atoms with Crippen molar-refractivity contribution in [3.05, 3.63) is 201 Å². The Labute approximate surface area is 318 Å². The summed E-state index contributed by atoms with van der Waals surface area (Å²) in [6.45, 7) is 0. The summed E-state index contributed by atoms with van der Waals surface area (Å²) in [6.07, 6.45) is 9.33. The molecule has 0 amide bonds. The predicted molar refractivity (Wildman–Crippen MR) is 227 cm³/mol. The standard InChI is InChI=1S/C50H33N5/c1-2-5-36(6-3-1)47-31-49(54-48-7-4-26-53-50(47)48)37-16-22-46(23-17-37)55(44-18-12-34(13-19-44)38-8-10-42-32-51-27-24-40(42)29-38)45-20-14-35(15-21-45)39-9-11-43-33-52-28-25-41(43)30-39/h1-33H. The first kappa shape index (κ1) is 32.2. The number of pyridine rings is 4. The van der Waals surface area contributed by atoms with Gasteiger partial charge in [0, 0.05) is 69.9 Å². The fraction of sp³-hybridized carbons (Fsp3) is 0. The van der Waals surface area contributed by atoms with E-state index in [1.165, 1.54) is 21.9 Å². The highest BCUT2D eigenvalue weighted by molar-refractivity contribution is 5.94. The van der Waals surface area contributed by atoms with Gasteiger partial charge >= 0.3 is 0 Å². The molecule has 0 unspecified atom stereocenters. The van der Waals surface area contributed by atoms with Gasteiger partial charge in [0.2, 0.25) is 0 Å². The van der Waals surface area contributed by atoms with Gasteiger partial charge in [-0.1, -0.05) is 91.0 Å². The van der Waals surface area contributed by atoms with Crippen molar-refractivity contribution >= 4 is 49.6 Å². The van der Waals surface area contributed by atoms with Gasteiger partial charge in [0.1, 0.15) is 0 Å². The molecule has 55 heavy (non-hydrogen) atoms. The van der Waals surface area contributed by atoms with Crippen LogP contribution in [0, 0.1) is 0 Å². The molecule has 5 heteroatoms. The van der Waals surface area contributed by atoms with Crippen LogP contribution < -0.4 is 4.90 Å². The lowest BCUT2D eigenvalue weighted by Gasteiger charge is -2.26. The average molecular weight is 704 g/mol. The molecule has 5 nitrogen and oxygen atoms in total. The Balaban J connectivity index is 1.03. The first-order valence-corrected chi connectivity index (χ1v) is 18.3. The van der Waals surface area contributed by atoms with E-state index in [9.17, 15) is 0 Å². The van der Waals surface area contributed by atoms with Crippen LogP contribution in [-0.4, -0.2) is 19.9 Å². The lowest BCUT2D eigenvalue weighted by molar-refractivity contribution is 1.28. The van der Waals surface area contributed by atoms with E-state index in [2.05, 4.69) is 167 Å². The second-order valence-electron chi connectivity index (χ2n) is 13.6. The predicted octanol–water partition coefficient (Wildman–Crippen LogP) is 12.9. The van der Waals surface area contributed by atoms with Crippen molar-refractivity contribution in [3.63, 3.8) is 0 Å². The van der Waals surface area contributed by atoms with Crippen LogP contribution in [0.3, 0.4) is 0 Å². The van der Waals surface area contributed by atoms with Gasteiger partial charge in [0.05, 0.1) is 16.7 Å². The van der Waals surface area contributed by atoms with Crippen LogP contribution >= 0.6 is 0 Å². The molecule has 0 aliphatic heterocycles. The molecule has 258 valence electrons. The van der Waals surface area contributed by atoms with Crippen molar-refractivity contribution in [2.24, 2.45) is 0 Å². The van der Waals surface area contributed by atoms with Crippen LogP contribution in [0.15, 0.2) is 201 Å². The summed E-state index contributed by atoms with van der Waals surface area (Å²) in [4.78, 5) is 20.6. The van der Waals surface area contributed by atoms with E-state index in [-0.39, 0.29) is 0 Å². The maximum absolute atomic E-state index is 5.05. The van der Waals surface area contributed by atoms with E-state index < -0.39 is 0 Å². The highest BCUT2D eigenvalue weighted by Gasteiger charge is 2.16. The number of benzene rings is 6. The van der Waals surface area contributed by atoms with Gasteiger partial charge in [-0.05, 0) is 117 Å². The van der Waals surface area contributed by atoms with Crippen molar-refractivity contribution in [3.8, 4) is 44.6 Å². The van der Waals surface area contributed by atoms with E-state index in [1.54, 1.807) is 0 Å².